The van der Waals surface area contributed by atoms with E-state index in [0.29, 0.717) is 29.4 Å². The number of hydrogen-bond donors (Lipinski definition) is 2. The monoisotopic (exact) mass is 289 g/mol. The zero-order valence-corrected chi connectivity index (χ0v) is 12.6. The number of hydrogen-bond acceptors (Lipinski definition) is 4. The highest BCUT2D eigenvalue weighted by atomic mass is 16.1. The lowest BCUT2D eigenvalue weighted by molar-refractivity contribution is -0.116. The van der Waals surface area contributed by atoms with Crippen molar-refractivity contribution >= 4 is 11.7 Å². The van der Waals surface area contributed by atoms with Crippen LogP contribution < -0.4 is 10.9 Å². The molecular formula is C14H19N5O2. The summed E-state index contributed by atoms with van der Waals surface area (Å²) in [4.78, 5) is 30.6. The molecule has 0 aromatic carbocycles. The Kier molecular flexibility index (Phi) is 4.21. The molecule has 7 nitrogen and oxygen atoms in total. The van der Waals surface area contributed by atoms with Crippen LogP contribution in [-0.2, 0) is 4.79 Å². The number of aromatic nitrogens is 4. The summed E-state index contributed by atoms with van der Waals surface area (Å²) in [5.74, 6) is 0.699. The van der Waals surface area contributed by atoms with Crippen molar-refractivity contribution in [2.24, 2.45) is 0 Å². The highest BCUT2D eigenvalue weighted by Gasteiger charge is 2.13. The van der Waals surface area contributed by atoms with E-state index in [1.165, 1.54) is 4.68 Å². The second-order valence-corrected chi connectivity index (χ2v) is 4.98. The topological polar surface area (TPSA) is 92.7 Å². The van der Waals surface area contributed by atoms with Crippen LogP contribution in [-0.4, -0.2) is 25.7 Å². The summed E-state index contributed by atoms with van der Waals surface area (Å²) in [5.41, 5.74) is 1.71. The first-order valence-electron chi connectivity index (χ1n) is 6.86. The summed E-state index contributed by atoms with van der Waals surface area (Å²) in [6, 6.07) is 1.74. The minimum absolute atomic E-state index is 0.0927. The number of carbonyl (C=O) groups excluding carboxylic acids is 1. The van der Waals surface area contributed by atoms with Gasteiger partial charge >= 0.3 is 0 Å². The predicted molar refractivity (Wildman–Crippen MR) is 79.7 cm³/mol. The Bertz CT molecular complexity index is 729. The van der Waals surface area contributed by atoms with E-state index >= 15 is 0 Å². The maximum atomic E-state index is 11.9. The van der Waals surface area contributed by atoms with Crippen LogP contribution in [0.15, 0.2) is 10.9 Å². The highest BCUT2D eigenvalue weighted by molar-refractivity contribution is 5.90. The van der Waals surface area contributed by atoms with Crippen LogP contribution in [0.25, 0.3) is 5.95 Å². The van der Waals surface area contributed by atoms with Crippen molar-refractivity contribution in [1.82, 2.24) is 19.7 Å². The molecule has 2 N–H and O–H groups in total. The third kappa shape index (κ3) is 3.18. The van der Waals surface area contributed by atoms with Gasteiger partial charge < -0.3 is 5.32 Å². The quantitative estimate of drug-likeness (QED) is 0.894. The van der Waals surface area contributed by atoms with Crippen molar-refractivity contribution in [3.8, 4) is 5.95 Å². The first kappa shape index (κ1) is 15.0. The molecule has 2 rings (SSSR count). The van der Waals surface area contributed by atoms with Crippen LogP contribution in [0.2, 0.25) is 0 Å². The van der Waals surface area contributed by atoms with Crippen molar-refractivity contribution < 1.29 is 4.79 Å². The van der Waals surface area contributed by atoms with E-state index in [1.54, 1.807) is 19.9 Å². The van der Waals surface area contributed by atoms with Gasteiger partial charge in [-0.25, -0.2) is 4.98 Å². The minimum Gasteiger partial charge on any atom is -0.310 e. The molecule has 0 fully saturated rings. The normalized spacial score (nSPS) is 10.7. The van der Waals surface area contributed by atoms with Gasteiger partial charge in [-0.3, -0.25) is 14.6 Å². The van der Waals surface area contributed by atoms with Crippen molar-refractivity contribution in [3.05, 3.63) is 33.4 Å². The summed E-state index contributed by atoms with van der Waals surface area (Å²) in [6.45, 7) is 7.22. The molecule has 0 atom stereocenters. The Morgan fingerprint density at radius 2 is 2.10 bits per heavy atom. The molecular weight excluding hydrogens is 270 g/mol. The third-order valence-corrected chi connectivity index (χ3v) is 3.16. The van der Waals surface area contributed by atoms with E-state index in [1.807, 2.05) is 13.8 Å². The lowest BCUT2D eigenvalue weighted by Crippen LogP contribution is -2.20. The average Bonchev–Trinajstić information content (AvgIpc) is 2.76. The zero-order valence-electron chi connectivity index (χ0n) is 12.6. The Labute approximate surface area is 122 Å². The first-order chi connectivity index (χ1) is 9.92. The van der Waals surface area contributed by atoms with Crippen LogP contribution in [0.4, 0.5) is 5.82 Å². The molecule has 0 spiro atoms. The molecule has 2 heterocycles. The van der Waals surface area contributed by atoms with Gasteiger partial charge in [-0.05, 0) is 27.2 Å². The lowest BCUT2D eigenvalue weighted by Gasteiger charge is -2.08. The summed E-state index contributed by atoms with van der Waals surface area (Å²) < 4.78 is 1.44. The molecule has 21 heavy (non-hydrogen) atoms. The molecule has 0 unspecified atom stereocenters. The third-order valence-electron chi connectivity index (χ3n) is 3.16. The van der Waals surface area contributed by atoms with Gasteiger partial charge in [0.2, 0.25) is 11.9 Å². The summed E-state index contributed by atoms with van der Waals surface area (Å²) in [5, 5.41) is 7.06. The van der Waals surface area contributed by atoms with Crippen LogP contribution in [0.1, 0.15) is 36.7 Å². The zero-order chi connectivity index (χ0) is 15.6. The number of amides is 1. The van der Waals surface area contributed by atoms with E-state index in [0.717, 1.165) is 12.1 Å². The minimum atomic E-state index is -0.212. The molecule has 2 aromatic heterocycles. The molecule has 2 aromatic rings. The molecule has 0 radical (unpaired) electrons. The Morgan fingerprint density at radius 3 is 2.71 bits per heavy atom. The molecule has 0 aliphatic carbocycles. The number of rotatable bonds is 4. The number of aryl methyl sites for hydroxylation is 2. The van der Waals surface area contributed by atoms with Gasteiger partial charge in [0.15, 0.2) is 0 Å². The Hall–Kier alpha value is -2.44. The number of aromatic amines is 1. The Morgan fingerprint density at radius 1 is 1.38 bits per heavy atom. The maximum absolute atomic E-state index is 11.9. The van der Waals surface area contributed by atoms with E-state index < -0.39 is 0 Å². The molecule has 0 saturated heterocycles. The van der Waals surface area contributed by atoms with Gasteiger partial charge in [-0.15, -0.1) is 0 Å². The summed E-state index contributed by atoms with van der Waals surface area (Å²) in [7, 11) is 0. The molecule has 7 heteroatoms. The number of carbonyl (C=O) groups is 1. The van der Waals surface area contributed by atoms with Crippen LogP contribution in [0.3, 0.4) is 0 Å². The molecule has 0 bridgehead atoms. The van der Waals surface area contributed by atoms with Crippen LogP contribution >= 0.6 is 0 Å². The van der Waals surface area contributed by atoms with E-state index in [-0.39, 0.29) is 11.5 Å². The van der Waals surface area contributed by atoms with Crippen molar-refractivity contribution in [1.29, 1.82) is 0 Å². The second kappa shape index (κ2) is 5.90. The molecule has 0 aliphatic heterocycles. The predicted octanol–water partition coefficient (Wildman–Crippen LogP) is 1.62. The molecule has 1 amide bonds. The number of nitrogens with zero attached hydrogens (tertiary/aromatic N) is 3. The SMILES string of the molecule is CCCC(=O)Nc1cc(C)nn1-c1nc(C)c(C)c(=O)[nH]1. The van der Waals surface area contributed by atoms with Gasteiger partial charge in [-0.2, -0.15) is 9.78 Å². The Balaban J connectivity index is 2.45. The van der Waals surface area contributed by atoms with Crippen LogP contribution in [0.5, 0.6) is 0 Å². The first-order valence-corrected chi connectivity index (χ1v) is 6.86. The fourth-order valence-electron chi connectivity index (χ4n) is 1.91. The largest absolute Gasteiger partial charge is 0.310 e. The second-order valence-electron chi connectivity index (χ2n) is 4.98. The molecule has 112 valence electrons. The van der Waals surface area contributed by atoms with Crippen LogP contribution in [0, 0.1) is 20.8 Å². The van der Waals surface area contributed by atoms with Gasteiger partial charge in [0.25, 0.3) is 5.56 Å². The van der Waals surface area contributed by atoms with E-state index in [9.17, 15) is 9.59 Å². The van der Waals surface area contributed by atoms with Crippen molar-refractivity contribution in [2.45, 2.75) is 40.5 Å². The van der Waals surface area contributed by atoms with Crippen molar-refractivity contribution in [2.75, 3.05) is 5.32 Å². The van der Waals surface area contributed by atoms with E-state index in [4.69, 9.17) is 0 Å². The van der Waals surface area contributed by atoms with Gasteiger partial charge in [0.1, 0.15) is 5.82 Å². The maximum Gasteiger partial charge on any atom is 0.255 e. The summed E-state index contributed by atoms with van der Waals surface area (Å²) in [6.07, 6.45) is 1.19. The smallest absolute Gasteiger partial charge is 0.255 e. The number of nitrogens with one attached hydrogen (secondary N) is 2. The highest BCUT2D eigenvalue weighted by Crippen LogP contribution is 2.14. The lowest BCUT2D eigenvalue weighted by atomic mass is 10.3. The molecule has 0 aliphatic rings. The average molecular weight is 289 g/mol. The van der Waals surface area contributed by atoms with Gasteiger partial charge in [0.05, 0.1) is 5.69 Å². The molecule has 0 saturated carbocycles. The summed E-state index contributed by atoms with van der Waals surface area (Å²) >= 11 is 0. The fourth-order valence-corrected chi connectivity index (χ4v) is 1.91. The fraction of sp³-hybridized carbons (Fsp3) is 0.429. The van der Waals surface area contributed by atoms with Gasteiger partial charge in [0, 0.05) is 23.7 Å². The number of anilines is 1. The van der Waals surface area contributed by atoms with Gasteiger partial charge in [-0.1, -0.05) is 6.92 Å². The van der Waals surface area contributed by atoms with E-state index in [2.05, 4.69) is 20.4 Å². The van der Waals surface area contributed by atoms with Crippen molar-refractivity contribution in [3.63, 3.8) is 0 Å². The number of H-pyrrole nitrogens is 1. The standard InChI is InChI=1S/C14H19N5O2/c1-5-6-12(20)16-11-7-8(2)18-19(11)14-15-10(4)9(3)13(21)17-14/h7H,5-6H2,1-4H3,(H,16,20)(H,15,17,21).